The Bertz CT molecular complexity index is 849. The van der Waals surface area contributed by atoms with E-state index in [0.717, 1.165) is 30.8 Å². The maximum atomic E-state index is 13.2. The molecule has 1 aliphatic rings. The molecule has 1 atom stereocenters. The lowest BCUT2D eigenvalue weighted by Gasteiger charge is -2.34. The first-order valence-electron chi connectivity index (χ1n) is 9.74. The number of nitrogens with zero attached hydrogens (tertiary/aromatic N) is 2. The van der Waals surface area contributed by atoms with Crippen molar-refractivity contribution < 1.29 is 18.7 Å². The molecule has 1 fully saturated rings. The number of ether oxygens (including phenoxy) is 1. The quantitative estimate of drug-likeness (QED) is 0.726. The maximum Gasteiger partial charge on any atom is 0.232 e. The molecule has 29 heavy (non-hydrogen) atoms. The van der Waals surface area contributed by atoms with Crippen molar-refractivity contribution in [3.8, 4) is 5.75 Å². The fourth-order valence-electron chi connectivity index (χ4n) is 3.56. The van der Waals surface area contributed by atoms with Crippen LogP contribution in [0, 0.1) is 5.82 Å². The number of piperazine rings is 1. The molecule has 3 rings (SSSR count). The van der Waals surface area contributed by atoms with E-state index in [1.807, 2.05) is 25.1 Å². The zero-order valence-electron chi connectivity index (χ0n) is 16.7. The second-order valence-corrected chi connectivity index (χ2v) is 7.01. The summed E-state index contributed by atoms with van der Waals surface area (Å²) in [7, 11) is 1.56. The van der Waals surface area contributed by atoms with E-state index in [0.29, 0.717) is 30.9 Å². The average Bonchev–Trinajstić information content (AvgIpc) is 2.75. The summed E-state index contributed by atoms with van der Waals surface area (Å²) in [6, 6.07) is 11.7. The van der Waals surface area contributed by atoms with Gasteiger partial charge in [-0.25, -0.2) is 4.39 Å². The summed E-state index contributed by atoms with van der Waals surface area (Å²) in [5.74, 6) is -0.309. The van der Waals surface area contributed by atoms with E-state index in [9.17, 15) is 14.0 Å². The predicted octanol–water partition coefficient (Wildman–Crippen LogP) is 3.25. The predicted molar refractivity (Wildman–Crippen MR) is 111 cm³/mol. The molecule has 2 amide bonds. The Kier molecular flexibility index (Phi) is 6.69. The summed E-state index contributed by atoms with van der Waals surface area (Å²) in [5.41, 5.74) is 2.32. The van der Waals surface area contributed by atoms with Gasteiger partial charge in [0.25, 0.3) is 0 Å². The van der Waals surface area contributed by atoms with Gasteiger partial charge in [-0.05, 0) is 42.3 Å². The molecule has 1 unspecified atom stereocenters. The van der Waals surface area contributed by atoms with Gasteiger partial charge in [-0.15, -0.1) is 0 Å². The molecule has 1 aliphatic heterocycles. The first-order chi connectivity index (χ1) is 14.0. The molecule has 1 heterocycles. The lowest BCUT2D eigenvalue weighted by atomic mass is 9.95. The van der Waals surface area contributed by atoms with E-state index in [4.69, 9.17) is 4.74 Å². The Morgan fingerprint density at radius 3 is 2.45 bits per heavy atom. The van der Waals surface area contributed by atoms with E-state index >= 15 is 0 Å². The topological polar surface area (TPSA) is 61.9 Å². The minimum Gasteiger partial charge on any atom is -0.495 e. The number of methoxy groups -OCH3 is 1. The molecule has 1 saturated heterocycles. The highest BCUT2D eigenvalue weighted by Gasteiger charge is 2.22. The highest BCUT2D eigenvalue weighted by Crippen LogP contribution is 2.32. The number of hydrogen-bond acceptors (Lipinski definition) is 4. The number of rotatable bonds is 7. The largest absolute Gasteiger partial charge is 0.495 e. The highest BCUT2D eigenvalue weighted by atomic mass is 19.1. The van der Waals surface area contributed by atoms with Crippen LogP contribution in [0.3, 0.4) is 0 Å². The van der Waals surface area contributed by atoms with Crippen molar-refractivity contribution in [2.24, 2.45) is 0 Å². The van der Waals surface area contributed by atoms with Crippen LogP contribution in [-0.2, 0) is 9.59 Å². The summed E-state index contributed by atoms with van der Waals surface area (Å²) in [4.78, 5) is 27.8. The zero-order valence-corrected chi connectivity index (χ0v) is 16.7. The van der Waals surface area contributed by atoms with Crippen molar-refractivity contribution in [3.05, 3.63) is 53.8 Å². The molecule has 2 aromatic carbocycles. The van der Waals surface area contributed by atoms with Crippen LogP contribution in [0.2, 0.25) is 0 Å². The highest BCUT2D eigenvalue weighted by molar-refractivity contribution is 5.97. The van der Waals surface area contributed by atoms with Crippen LogP contribution in [0.1, 0.15) is 24.8 Å². The van der Waals surface area contributed by atoms with Gasteiger partial charge >= 0.3 is 0 Å². The first-order valence-corrected chi connectivity index (χ1v) is 9.74. The van der Waals surface area contributed by atoms with Gasteiger partial charge in [-0.2, -0.15) is 0 Å². The molecule has 154 valence electrons. The zero-order chi connectivity index (χ0) is 20.8. The van der Waals surface area contributed by atoms with Gasteiger partial charge < -0.3 is 19.9 Å². The third-order valence-corrected chi connectivity index (χ3v) is 5.27. The van der Waals surface area contributed by atoms with E-state index in [2.05, 4.69) is 10.2 Å². The van der Waals surface area contributed by atoms with Gasteiger partial charge in [0.05, 0.1) is 18.7 Å². The SMILES string of the molecule is CCC(C(=O)Nc1cc(N2CCN(C=O)CC2)ccc1OC)c1ccc(F)cc1. The van der Waals surface area contributed by atoms with Crippen molar-refractivity contribution in [1.29, 1.82) is 0 Å². The van der Waals surface area contributed by atoms with Crippen LogP contribution in [0.4, 0.5) is 15.8 Å². The summed E-state index contributed by atoms with van der Waals surface area (Å²) in [5, 5.41) is 2.97. The molecule has 0 aromatic heterocycles. The summed E-state index contributed by atoms with van der Waals surface area (Å²) < 4.78 is 18.6. The van der Waals surface area contributed by atoms with Gasteiger partial charge in [0.1, 0.15) is 11.6 Å². The fourth-order valence-corrected chi connectivity index (χ4v) is 3.56. The Morgan fingerprint density at radius 2 is 1.86 bits per heavy atom. The molecule has 7 heteroatoms. The van der Waals surface area contributed by atoms with Gasteiger partial charge in [-0.3, -0.25) is 9.59 Å². The number of carbonyl (C=O) groups excluding carboxylic acids is 2. The number of anilines is 2. The molecule has 0 aliphatic carbocycles. The van der Waals surface area contributed by atoms with Crippen LogP contribution in [-0.4, -0.2) is 50.5 Å². The third kappa shape index (κ3) is 4.85. The number of benzene rings is 2. The Balaban J connectivity index is 1.78. The van der Waals surface area contributed by atoms with E-state index in [1.165, 1.54) is 12.1 Å². The summed E-state index contributed by atoms with van der Waals surface area (Å²) in [6.07, 6.45) is 1.46. The molecule has 2 aromatic rings. The normalized spacial score (nSPS) is 15.0. The Morgan fingerprint density at radius 1 is 1.17 bits per heavy atom. The second-order valence-electron chi connectivity index (χ2n) is 7.01. The van der Waals surface area contributed by atoms with Gasteiger partial charge in [-0.1, -0.05) is 19.1 Å². The van der Waals surface area contributed by atoms with Crippen LogP contribution in [0.5, 0.6) is 5.75 Å². The molecule has 0 spiro atoms. The third-order valence-electron chi connectivity index (χ3n) is 5.27. The standard InChI is InChI=1S/C22H26FN3O3/c1-3-19(16-4-6-17(23)7-5-16)22(28)24-20-14-18(8-9-21(20)29-2)26-12-10-25(15-27)11-13-26/h4-9,14-15,19H,3,10-13H2,1-2H3,(H,24,28). The van der Waals surface area contributed by atoms with E-state index < -0.39 is 0 Å². The van der Waals surface area contributed by atoms with Gasteiger partial charge in [0.2, 0.25) is 12.3 Å². The Hall–Kier alpha value is -3.09. The van der Waals surface area contributed by atoms with Crippen molar-refractivity contribution in [2.45, 2.75) is 19.3 Å². The van der Waals surface area contributed by atoms with Crippen LogP contribution < -0.4 is 15.0 Å². The minimum atomic E-state index is -0.389. The lowest BCUT2D eigenvalue weighted by molar-refractivity contribution is -0.118. The number of nitrogens with one attached hydrogen (secondary N) is 1. The van der Waals surface area contributed by atoms with E-state index in [-0.39, 0.29) is 17.6 Å². The smallest absolute Gasteiger partial charge is 0.232 e. The van der Waals surface area contributed by atoms with Gasteiger partial charge in [0.15, 0.2) is 0 Å². The van der Waals surface area contributed by atoms with Crippen molar-refractivity contribution in [1.82, 2.24) is 4.90 Å². The molecular weight excluding hydrogens is 373 g/mol. The fraction of sp³-hybridized carbons (Fsp3) is 0.364. The van der Waals surface area contributed by atoms with Crippen molar-refractivity contribution in [2.75, 3.05) is 43.5 Å². The van der Waals surface area contributed by atoms with Crippen molar-refractivity contribution >= 4 is 23.7 Å². The van der Waals surface area contributed by atoms with Crippen LogP contribution >= 0.6 is 0 Å². The number of hydrogen-bond donors (Lipinski definition) is 1. The van der Waals surface area contributed by atoms with Crippen LogP contribution in [0.15, 0.2) is 42.5 Å². The molecule has 0 bridgehead atoms. The van der Waals surface area contributed by atoms with Gasteiger partial charge in [0, 0.05) is 31.9 Å². The second kappa shape index (κ2) is 9.41. The molecule has 0 saturated carbocycles. The van der Waals surface area contributed by atoms with Crippen LogP contribution in [0.25, 0.3) is 0 Å². The maximum absolute atomic E-state index is 13.2. The molecule has 1 N–H and O–H groups in total. The molecule has 6 nitrogen and oxygen atoms in total. The monoisotopic (exact) mass is 399 g/mol. The molecular formula is C22H26FN3O3. The Labute approximate surface area is 170 Å². The summed E-state index contributed by atoms with van der Waals surface area (Å²) in [6.45, 7) is 4.71. The minimum absolute atomic E-state index is 0.166. The summed E-state index contributed by atoms with van der Waals surface area (Å²) >= 11 is 0. The molecule has 0 radical (unpaired) electrons. The van der Waals surface area contributed by atoms with Crippen molar-refractivity contribution in [3.63, 3.8) is 0 Å². The first kappa shape index (κ1) is 20.6. The number of carbonyl (C=O) groups is 2. The number of halogens is 1. The van der Waals surface area contributed by atoms with E-state index in [1.54, 1.807) is 24.1 Å². The number of amides is 2. The average molecular weight is 399 g/mol. The lowest BCUT2D eigenvalue weighted by Crippen LogP contribution is -2.45.